The number of halogens is 1. The lowest BCUT2D eigenvalue weighted by Crippen LogP contribution is -2.49. The summed E-state index contributed by atoms with van der Waals surface area (Å²) in [5.74, 6) is -0.251. The zero-order chi connectivity index (χ0) is 20.2. The molecular formula is C20H25ClN2O3S. The van der Waals surface area contributed by atoms with Gasteiger partial charge in [0.1, 0.15) is 6.04 Å². The van der Waals surface area contributed by atoms with Crippen LogP contribution in [-0.2, 0) is 21.4 Å². The number of amides is 1. The molecule has 0 spiro atoms. The zero-order valence-corrected chi connectivity index (χ0v) is 17.6. The molecule has 0 saturated carbocycles. The van der Waals surface area contributed by atoms with Crippen LogP contribution in [0.5, 0.6) is 0 Å². The largest absolute Gasteiger partial charge is 0.340 e. The highest BCUT2D eigenvalue weighted by atomic mass is 35.5. The fraction of sp³-hybridized carbons (Fsp3) is 0.350. The molecule has 0 aliphatic carbocycles. The molecule has 2 aromatic rings. The molecule has 0 radical (unpaired) electrons. The molecule has 0 unspecified atom stereocenters. The predicted octanol–water partition coefficient (Wildman–Crippen LogP) is 3.85. The van der Waals surface area contributed by atoms with Gasteiger partial charge in [-0.15, -0.1) is 0 Å². The van der Waals surface area contributed by atoms with Gasteiger partial charge in [-0.1, -0.05) is 48.4 Å². The van der Waals surface area contributed by atoms with Gasteiger partial charge in [0.15, 0.2) is 0 Å². The lowest BCUT2D eigenvalue weighted by Gasteiger charge is -2.33. The first-order valence-electron chi connectivity index (χ1n) is 8.69. The smallest absolute Gasteiger partial charge is 0.246 e. The summed E-state index contributed by atoms with van der Waals surface area (Å²) >= 11 is 5.90. The van der Waals surface area contributed by atoms with Gasteiger partial charge in [0.2, 0.25) is 15.9 Å². The van der Waals surface area contributed by atoms with Gasteiger partial charge in [-0.3, -0.25) is 9.10 Å². The topological polar surface area (TPSA) is 57.7 Å². The zero-order valence-electron chi connectivity index (χ0n) is 16.0. The number of carbonyl (C=O) groups is 1. The first kappa shape index (κ1) is 21.3. The Balaban J connectivity index is 2.30. The summed E-state index contributed by atoms with van der Waals surface area (Å²) in [5, 5.41) is 0.627. The van der Waals surface area contributed by atoms with Crippen LogP contribution < -0.4 is 4.31 Å². The molecule has 2 rings (SSSR count). The molecule has 0 N–H and O–H groups in total. The third kappa shape index (κ3) is 5.47. The average molecular weight is 409 g/mol. The number of nitrogens with zero attached hydrogens (tertiary/aromatic N) is 2. The predicted molar refractivity (Wildman–Crippen MR) is 111 cm³/mol. The van der Waals surface area contributed by atoms with Crippen LogP contribution in [0.4, 0.5) is 5.69 Å². The summed E-state index contributed by atoms with van der Waals surface area (Å²) in [6.07, 6.45) is 1.49. The first-order chi connectivity index (χ1) is 12.6. The number of benzene rings is 2. The van der Waals surface area contributed by atoms with Gasteiger partial charge >= 0.3 is 0 Å². The van der Waals surface area contributed by atoms with Crippen LogP contribution in [0.25, 0.3) is 0 Å². The summed E-state index contributed by atoms with van der Waals surface area (Å²) < 4.78 is 26.2. The summed E-state index contributed by atoms with van der Waals surface area (Å²) in [7, 11) is -1.95. The van der Waals surface area contributed by atoms with Crippen LogP contribution in [0.2, 0.25) is 5.02 Å². The van der Waals surface area contributed by atoms with Gasteiger partial charge < -0.3 is 4.90 Å². The van der Waals surface area contributed by atoms with Crippen LogP contribution in [0.3, 0.4) is 0 Å². The van der Waals surface area contributed by atoms with Gasteiger partial charge in [0.05, 0.1) is 11.9 Å². The van der Waals surface area contributed by atoms with E-state index in [1.54, 1.807) is 36.2 Å². The van der Waals surface area contributed by atoms with E-state index < -0.39 is 16.1 Å². The molecule has 0 aliphatic heterocycles. The molecule has 5 nitrogen and oxygen atoms in total. The molecule has 7 heteroatoms. The number of carbonyl (C=O) groups excluding carboxylic acids is 1. The molecule has 1 amide bonds. The minimum absolute atomic E-state index is 0.251. The average Bonchev–Trinajstić information content (AvgIpc) is 2.61. The van der Waals surface area contributed by atoms with Crippen LogP contribution in [-0.4, -0.2) is 38.6 Å². The van der Waals surface area contributed by atoms with E-state index in [2.05, 4.69) is 0 Å². The second-order valence-electron chi connectivity index (χ2n) is 6.64. The Hall–Kier alpha value is -2.05. The molecule has 0 aliphatic rings. The molecule has 0 aromatic heterocycles. The highest BCUT2D eigenvalue weighted by molar-refractivity contribution is 7.92. The van der Waals surface area contributed by atoms with Crippen molar-refractivity contribution in [1.29, 1.82) is 0 Å². The van der Waals surface area contributed by atoms with E-state index >= 15 is 0 Å². The molecule has 146 valence electrons. The van der Waals surface area contributed by atoms with Gasteiger partial charge in [-0.25, -0.2) is 8.42 Å². The van der Waals surface area contributed by atoms with Gasteiger partial charge in [0.25, 0.3) is 0 Å². The molecule has 2 aromatic carbocycles. The van der Waals surface area contributed by atoms with Gasteiger partial charge in [-0.2, -0.15) is 0 Å². The maximum atomic E-state index is 13.1. The van der Waals surface area contributed by atoms with Crippen molar-refractivity contribution in [2.75, 3.05) is 17.6 Å². The number of rotatable bonds is 7. The molecule has 0 saturated heterocycles. The van der Waals surface area contributed by atoms with Crippen molar-refractivity contribution >= 4 is 33.2 Å². The Labute approximate surface area is 166 Å². The minimum atomic E-state index is -3.63. The third-order valence-electron chi connectivity index (χ3n) is 4.31. The SMILES string of the molecule is CC[C@@H](C(=O)N(C)Cc1ccc(Cl)cc1)N(c1ccc(C)cc1)S(C)(=O)=O. The van der Waals surface area contributed by atoms with E-state index in [-0.39, 0.29) is 5.91 Å². The Morgan fingerprint density at radius 3 is 2.11 bits per heavy atom. The lowest BCUT2D eigenvalue weighted by atomic mass is 10.1. The summed E-state index contributed by atoms with van der Waals surface area (Å²) in [6.45, 7) is 4.11. The maximum Gasteiger partial charge on any atom is 0.246 e. The van der Waals surface area contributed by atoms with Crippen LogP contribution in [0.15, 0.2) is 48.5 Å². The Bertz CT molecular complexity index is 880. The van der Waals surface area contributed by atoms with E-state index in [4.69, 9.17) is 11.6 Å². The second kappa shape index (κ2) is 8.76. The van der Waals surface area contributed by atoms with E-state index in [0.29, 0.717) is 23.7 Å². The van der Waals surface area contributed by atoms with Crippen molar-refractivity contribution < 1.29 is 13.2 Å². The fourth-order valence-corrected chi connectivity index (χ4v) is 4.26. The highest BCUT2D eigenvalue weighted by Crippen LogP contribution is 2.24. The highest BCUT2D eigenvalue weighted by Gasteiger charge is 2.33. The second-order valence-corrected chi connectivity index (χ2v) is 8.94. The van der Waals surface area contributed by atoms with Crippen molar-refractivity contribution in [1.82, 2.24) is 4.90 Å². The molecular weight excluding hydrogens is 384 g/mol. The number of aryl methyl sites for hydroxylation is 1. The summed E-state index contributed by atoms with van der Waals surface area (Å²) in [6, 6.07) is 13.5. The number of sulfonamides is 1. The van der Waals surface area contributed by atoms with Crippen LogP contribution in [0, 0.1) is 6.92 Å². The summed E-state index contributed by atoms with van der Waals surface area (Å²) in [4.78, 5) is 14.6. The van der Waals surface area contributed by atoms with Gasteiger partial charge in [-0.05, 0) is 43.2 Å². The quantitative estimate of drug-likeness (QED) is 0.699. The monoisotopic (exact) mass is 408 g/mol. The van der Waals surface area contributed by atoms with Crippen molar-refractivity contribution in [2.45, 2.75) is 32.9 Å². The number of hydrogen-bond donors (Lipinski definition) is 0. The van der Waals surface area contributed by atoms with Crippen LogP contribution in [0.1, 0.15) is 24.5 Å². The van der Waals surface area contributed by atoms with Crippen LogP contribution >= 0.6 is 11.6 Å². The molecule has 27 heavy (non-hydrogen) atoms. The van der Waals surface area contributed by atoms with E-state index in [0.717, 1.165) is 17.4 Å². The Kier molecular flexibility index (Phi) is 6.89. The molecule has 0 heterocycles. The standard InChI is InChI=1S/C20H25ClN2O3S/c1-5-19(20(24)22(3)14-16-8-10-17(21)11-9-16)23(27(4,25)26)18-12-6-15(2)7-13-18/h6-13,19H,5,14H2,1-4H3/t19-/m0/s1. The van der Waals surface area contributed by atoms with E-state index in [1.165, 1.54) is 4.31 Å². The van der Waals surface area contributed by atoms with Crippen molar-refractivity contribution in [3.63, 3.8) is 0 Å². The fourth-order valence-electron chi connectivity index (χ4n) is 2.93. The van der Waals surface area contributed by atoms with E-state index in [9.17, 15) is 13.2 Å². The first-order valence-corrected chi connectivity index (χ1v) is 10.9. The Morgan fingerprint density at radius 1 is 1.07 bits per heavy atom. The molecule has 1 atom stereocenters. The summed E-state index contributed by atoms with van der Waals surface area (Å²) in [5.41, 5.74) is 2.43. The van der Waals surface area contributed by atoms with Crippen molar-refractivity contribution in [3.8, 4) is 0 Å². The lowest BCUT2D eigenvalue weighted by molar-refractivity contribution is -0.131. The maximum absolute atomic E-state index is 13.1. The Morgan fingerprint density at radius 2 is 1.63 bits per heavy atom. The normalized spacial score (nSPS) is 12.5. The van der Waals surface area contributed by atoms with E-state index in [1.807, 2.05) is 38.1 Å². The van der Waals surface area contributed by atoms with Gasteiger partial charge in [0, 0.05) is 18.6 Å². The molecule has 0 bridgehead atoms. The van der Waals surface area contributed by atoms with Crippen molar-refractivity contribution in [3.05, 3.63) is 64.7 Å². The minimum Gasteiger partial charge on any atom is -0.340 e. The number of likely N-dealkylation sites (N-methyl/N-ethyl adjacent to an activating group) is 1. The molecule has 0 fully saturated rings. The third-order valence-corrected chi connectivity index (χ3v) is 5.74. The number of anilines is 1. The number of hydrogen-bond acceptors (Lipinski definition) is 3. The van der Waals surface area contributed by atoms with Crippen molar-refractivity contribution in [2.24, 2.45) is 0 Å².